The summed E-state index contributed by atoms with van der Waals surface area (Å²) in [5.41, 5.74) is 1.36. The van der Waals surface area contributed by atoms with Crippen molar-refractivity contribution in [3.8, 4) is 5.75 Å². The van der Waals surface area contributed by atoms with Gasteiger partial charge < -0.3 is 4.74 Å². The van der Waals surface area contributed by atoms with Crippen LogP contribution in [-0.2, 0) is 6.42 Å². The van der Waals surface area contributed by atoms with Crippen LogP contribution in [-0.4, -0.2) is 12.4 Å². The molecule has 20 heavy (non-hydrogen) atoms. The molecule has 0 N–H and O–H groups in total. The van der Waals surface area contributed by atoms with E-state index in [1.165, 1.54) is 0 Å². The van der Waals surface area contributed by atoms with Crippen molar-refractivity contribution >= 4 is 29.0 Å². The highest BCUT2D eigenvalue weighted by Gasteiger charge is 2.11. The minimum absolute atomic E-state index is 0.00258. The largest absolute Gasteiger partial charge is 0.494 e. The quantitative estimate of drug-likeness (QED) is 0.740. The van der Waals surface area contributed by atoms with E-state index < -0.39 is 0 Å². The zero-order valence-electron chi connectivity index (χ0n) is 11.0. The Morgan fingerprint density at radius 2 is 1.80 bits per heavy atom. The van der Waals surface area contributed by atoms with Crippen molar-refractivity contribution in [2.75, 3.05) is 6.61 Å². The highest BCUT2D eigenvalue weighted by Crippen LogP contribution is 2.26. The van der Waals surface area contributed by atoms with E-state index in [2.05, 4.69) is 0 Å². The van der Waals surface area contributed by atoms with Crippen molar-refractivity contribution in [1.29, 1.82) is 0 Å². The van der Waals surface area contributed by atoms with Crippen molar-refractivity contribution in [1.82, 2.24) is 0 Å². The molecule has 0 atom stereocenters. The molecule has 2 nitrogen and oxygen atoms in total. The number of hydrogen-bond donors (Lipinski definition) is 0. The first-order valence-electron chi connectivity index (χ1n) is 6.30. The number of rotatable bonds is 5. The molecule has 0 saturated heterocycles. The lowest BCUT2D eigenvalue weighted by molar-refractivity contribution is 0.0993. The molecule has 104 valence electrons. The van der Waals surface area contributed by atoms with Gasteiger partial charge in [0.1, 0.15) is 5.75 Å². The van der Waals surface area contributed by atoms with Crippen LogP contribution in [0.2, 0.25) is 10.0 Å². The van der Waals surface area contributed by atoms with Crippen molar-refractivity contribution in [3.63, 3.8) is 0 Å². The van der Waals surface area contributed by atoms with Crippen molar-refractivity contribution in [3.05, 3.63) is 63.6 Å². The van der Waals surface area contributed by atoms with E-state index >= 15 is 0 Å². The Balaban J connectivity index is 2.13. The number of halogens is 2. The summed E-state index contributed by atoms with van der Waals surface area (Å²) in [7, 11) is 0. The summed E-state index contributed by atoms with van der Waals surface area (Å²) in [6.45, 7) is 2.52. The molecule has 0 fully saturated rings. The summed E-state index contributed by atoms with van der Waals surface area (Å²) in [6, 6.07) is 12.4. The zero-order valence-corrected chi connectivity index (χ0v) is 12.5. The lowest BCUT2D eigenvalue weighted by atomic mass is 10.0. The van der Waals surface area contributed by atoms with E-state index in [-0.39, 0.29) is 12.2 Å². The molecule has 0 amide bonds. The highest BCUT2D eigenvalue weighted by atomic mass is 35.5. The molecule has 0 aliphatic heterocycles. The van der Waals surface area contributed by atoms with E-state index in [4.69, 9.17) is 27.9 Å². The molecule has 0 spiro atoms. The molecule has 0 aliphatic carbocycles. The second kappa shape index (κ2) is 6.78. The highest BCUT2D eigenvalue weighted by molar-refractivity contribution is 6.42. The molecule has 2 aromatic carbocycles. The molecule has 2 aromatic rings. The predicted octanol–water partition coefficient (Wildman–Crippen LogP) is 4.82. The number of ketones is 1. The molecule has 4 heteroatoms. The molecule has 0 unspecified atom stereocenters. The van der Waals surface area contributed by atoms with Gasteiger partial charge in [0.2, 0.25) is 0 Å². The van der Waals surface area contributed by atoms with Crippen LogP contribution < -0.4 is 4.74 Å². The number of carbonyl (C=O) groups excluding carboxylic acids is 1. The van der Waals surface area contributed by atoms with Crippen LogP contribution in [0.4, 0.5) is 0 Å². The van der Waals surface area contributed by atoms with Crippen molar-refractivity contribution in [2.24, 2.45) is 0 Å². The lowest BCUT2D eigenvalue weighted by Gasteiger charge is -2.06. The predicted molar refractivity (Wildman–Crippen MR) is 82.1 cm³/mol. The first-order chi connectivity index (χ1) is 9.61. The molecule has 0 bridgehead atoms. The van der Waals surface area contributed by atoms with Gasteiger partial charge in [0.15, 0.2) is 5.78 Å². The van der Waals surface area contributed by atoms with Gasteiger partial charge in [0, 0.05) is 12.0 Å². The Labute approximate surface area is 128 Å². The van der Waals surface area contributed by atoms with Gasteiger partial charge in [0.25, 0.3) is 0 Å². The summed E-state index contributed by atoms with van der Waals surface area (Å²) in [5.74, 6) is 0.752. The standard InChI is InChI=1S/C16H14Cl2O2/c1-2-20-13-8-6-11(7-9-13)15(19)10-12-4-3-5-14(17)16(12)18/h3-9H,2,10H2,1H3. The maximum Gasteiger partial charge on any atom is 0.167 e. The van der Waals surface area contributed by atoms with Crippen LogP contribution >= 0.6 is 23.2 Å². The Hall–Kier alpha value is -1.51. The van der Waals surface area contributed by atoms with Crippen LogP contribution in [0.1, 0.15) is 22.8 Å². The van der Waals surface area contributed by atoms with Gasteiger partial charge in [-0.2, -0.15) is 0 Å². The molecule has 0 radical (unpaired) electrons. The Bertz CT molecular complexity index is 606. The average Bonchev–Trinajstić information content (AvgIpc) is 2.45. The van der Waals surface area contributed by atoms with Gasteiger partial charge >= 0.3 is 0 Å². The topological polar surface area (TPSA) is 26.3 Å². The fourth-order valence-corrected chi connectivity index (χ4v) is 2.25. The fourth-order valence-electron chi connectivity index (χ4n) is 1.86. The van der Waals surface area contributed by atoms with E-state index in [0.29, 0.717) is 22.2 Å². The van der Waals surface area contributed by atoms with Gasteiger partial charge in [-0.25, -0.2) is 0 Å². The minimum Gasteiger partial charge on any atom is -0.494 e. The van der Waals surface area contributed by atoms with Crippen LogP contribution in [0, 0.1) is 0 Å². The normalized spacial score (nSPS) is 10.3. The van der Waals surface area contributed by atoms with Crippen LogP contribution in [0.15, 0.2) is 42.5 Å². The summed E-state index contributed by atoms with van der Waals surface area (Å²) in [6.07, 6.45) is 0.230. The molecule has 0 heterocycles. The summed E-state index contributed by atoms with van der Waals surface area (Å²) < 4.78 is 5.34. The first kappa shape index (κ1) is 14.9. The summed E-state index contributed by atoms with van der Waals surface area (Å²) >= 11 is 12.0. The van der Waals surface area contributed by atoms with E-state index in [9.17, 15) is 4.79 Å². The number of carbonyl (C=O) groups is 1. The van der Waals surface area contributed by atoms with Gasteiger partial charge in [0.05, 0.1) is 16.7 Å². The van der Waals surface area contributed by atoms with Crippen molar-refractivity contribution in [2.45, 2.75) is 13.3 Å². The molecular weight excluding hydrogens is 295 g/mol. The SMILES string of the molecule is CCOc1ccc(C(=O)Cc2cccc(Cl)c2Cl)cc1. The number of Topliss-reactive ketones (excluding diaryl/α,β-unsaturated/α-hetero) is 1. The number of benzene rings is 2. The molecule has 2 rings (SSSR count). The molecule has 0 aromatic heterocycles. The third-order valence-electron chi connectivity index (χ3n) is 2.87. The summed E-state index contributed by atoms with van der Waals surface area (Å²) in [5, 5.41) is 0.900. The van der Waals surface area contributed by atoms with E-state index in [1.54, 1.807) is 42.5 Å². The van der Waals surface area contributed by atoms with Crippen LogP contribution in [0.3, 0.4) is 0 Å². The van der Waals surface area contributed by atoms with Gasteiger partial charge in [-0.3, -0.25) is 4.79 Å². The second-order valence-electron chi connectivity index (χ2n) is 4.27. The maximum atomic E-state index is 12.2. The molecule has 0 saturated carbocycles. The zero-order chi connectivity index (χ0) is 14.5. The maximum absolute atomic E-state index is 12.2. The average molecular weight is 309 g/mol. The third-order valence-corrected chi connectivity index (χ3v) is 3.73. The van der Waals surface area contributed by atoms with E-state index in [1.807, 2.05) is 6.92 Å². The molecule has 0 aliphatic rings. The minimum atomic E-state index is -0.00258. The number of hydrogen-bond acceptors (Lipinski definition) is 2. The number of ether oxygens (including phenoxy) is 1. The van der Waals surface area contributed by atoms with E-state index in [0.717, 1.165) is 11.3 Å². The Morgan fingerprint density at radius 1 is 1.10 bits per heavy atom. The lowest BCUT2D eigenvalue weighted by Crippen LogP contribution is -2.04. The third kappa shape index (κ3) is 3.53. The van der Waals surface area contributed by atoms with Gasteiger partial charge in [-0.1, -0.05) is 35.3 Å². The second-order valence-corrected chi connectivity index (χ2v) is 5.06. The fraction of sp³-hybridized carbons (Fsp3) is 0.188. The Kier molecular flexibility index (Phi) is 5.05. The molecular formula is C16H14Cl2O2. The Morgan fingerprint density at radius 3 is 2.45 bits per heavy atom. The summed E-state index contributed by atoms with van der Waals surface area (Å²) in [4.78, 5) is 12.2. The monoisotopic (exact) mass is 308 g/mol. The first-order valence-corrected chi connectivity index (χ1v) is 7.06. The van der Waals surface area contributed by atoms with Gasteiger partial charge in [-0.15, -0.1) is 0 Å². The smallest absolute Gasteiger partial charge is 0.167 e. The van der Waals surface area contributed by atoms with Gasteiger partial charge in [-0.05, 0) is 42.8 Å². The van der Waals surface area contributed by atoms with Crippen LogP contribution in [0.5, 0.6) is 5.75 Å². The van der Waals surface area contributed by atoms with Crippen LogP contribution in [0.25, 0.3) is 0 Å². The van der Waals surface area contributed by atoms with Crippen molar-refractivity contribution < 1.29 is 9.53 Å².